The number of ether oxygens (including phenoxy) is 5. The van der Waals surface area contributed by atoms with Gasteiger partial charge in [0.25, 0.3) is 0 Å². The van der Waals surface area contributed by atoms with Gasteiger partial charge in [0, 0.05) is 69.0 Å². The number of benzene rings is 13. The summed E-state index contributed by atoms with van der Waals surface area (Å²) >= 11 is 0. The van der Waals surface area contributed by atoms with Gasteiger partial charge in [0.1, 0.15) is 46.1 Å². The Morgan fingerprint density at radius 2 is 0.549 bits per heavy atom. The first-order valence-corrected chi connectivity index (χ1v) is 37.6. The zero-order valence-electron chi connectivity index (χ0n) is 64.2. The first-order valence-electron chi connectivity index (χ1n) is 37.6. The van der Waals surface area contributed by atoms with E-state index in [4.69, 9.17) is 67.0 Å². The van der Waals surface area contributed by atoms with Crippen molar-refractivity contribution >= 4 is 154 Å². The van der Waals surface area contributed by atoms with Gasteiger partial charge in [-0.1, -0.05) is 140 Å². The van der Waals surface area contributed by atoms with Gasteiger partial charge in [-0.2, -0.15) is 0 Å². The van der Waals surface area contributed by atoms with E-state index in [2.05, 4.69) is 9.13 Å². The van der Waals surface area contributed by atoms with Crippen LogP contribution in [0.15, 0.2) is 279 Å². The van der Waals surface area contributed by atoms with Crippen LogP contribution < -0.4 is 46.6 Å². The molecular formula is C94H75F2LiN8O17. The van der Waals surface area contributed by atoms with Crippen LogP contribution in [0.1, 0.15) is 63.7 Å². The van der Waals surface area contributed by atoms with Crippen LogP contribution in [0.5, 0.6) is 34.5 Å². The van der Waals surface area contributed by atoms with Crippen molar-refractivity contribution < 1.29 is 91.2 Å². The third-order valence-electron chi connectivity index (χ3n) is 19.9. The van der Waals surface area contributed by atoms with Crippen molar-refractivity contribution in [2.24, 2.45) is 22.9 Å². The Labute approximate surface area is 704 Å². The molecule has 0 fully saturated rings. The first-order chi connectivity index (χ1) is 58.5. The average molecular weight is 1630 g/mol. The molecule has 0 aliphatic rings. The zero-order chi connectivity index (χ0) is 85.1. The second-order valence-electron chi connectivity index (χ2n) is 27.7. The summed E-state index contributed by atoms with van der Waals surface area (Å²) in [6, 6.07) is 82.3. The number of rotatable bonds is 26. The fourth-order valence-electron chi connectivity index (χ4n) is 15.1. The van der Waals surface area contributed by atoms with Crippen molar-refractivity contribution in [3.63, 3.8) is 0 Å². The normalized spacial score (nSPS) is 10.9. The van der Waals surface area contributed by atoms with Crippen LogP contribution in [0.25, 0.3) is 87.2 Å². The zero-order valence-corrected chi connectivity index (χ0v) is 64.2. The molecule has 0 spiro atoms. The summed E-state index contributed by atoms with van der Waals surface area (Å²) in [5.41, 5.74) is 33.2. The molecule has 0 aliphatic heterocycles. The van der Waals surface area contributed by atoms with Crippen molar-refractivity contribution in [1.82, 2.24) is 18.3 Å². The van der Waals surface area contributed by atoms with E-state index in [0.717, 1.165) is 50.0 Å². The van der Waals surface area contributed by atoms with Gasteiger partial charge in [-0.3, -0.25) is 19.2 Å². The monoisotopic (exact) mass is 1630 g/mol. The molecule has 122 heavy (non-hydrogen) atoms. The van der Waals surface area contributed by atoms with Gasteiger partial charge >= 0.3 is 42.7 Å². The Morgan fingerprint density at radius 3 is 0.885 bits per heavy atom. The molecule has 0 atom stereocenters. The van der Waals surface area contributed by atoms with Gasteiger partial charge in [-0.15, -0.1) is 0 Å². The number of carboxylic acid groups (broad SMARTS) is 4. The summed E-state index contributed by atoms with van der Waals surface area (Å²) in [6.07, 6.45) is 0. The molecule has 0 saturated heterocycles. The summed E-state index contributed by atoms with van der Waals surface area (Å²) in [5.74, 6) is -4.51. The van der Waals surface area contributed by atoms with Gasteiger partial charge in [0.05, 0.1) is 72.2 Å². The number of carbonyl (C=O) groups is 8. The van der Waals surface area contributed by atoms with E-state index in [-0.39, 0.29) is 42.6 Å². The molecule has 0 saturated carbocycles. The van der Waals surface area contributed by atoms with Crippen LogP contribution in [-0.4, -0.2) is 131 Å². The van der Waals surface area contributed by atoms with Crippen LogP contribution in [0.4, 0.5) is 8.78 Å². The standard InChI is InChI=1S/C28H22N2O5.2C22H17FN2O4.C22H18N2O4.Li.H/c29-28(33)21-11-5-12-22-26(21)27-23(13-6-14-24(27)34-17-25(31)32)30(22)16-18-7-4-10-20(15-18)35-19-8-2-1-3-9-19;23-14-5-1-4-13(10-14)11-25-16-7-2-6-15(22(24)28)20(16)21-17(25)8-3-9-18(21)29-12-19(26)27;23-15-7-2-1-5-13(15)11-25-16-8-3-6-14(22(24)28)20(16)21-17(25)9-4-10-18(21)29-12-19(26)27;23-22(27)15-8-4-9-16-20(15)21-17(10-5-11-18(21)28-13-19(25)26)24(16)12-14-6-2-1-3-7-14;;/h1-15H,16-17H2,(H2,29,33)(H,31,32);2*1-10H,11-12H2,(H2,24,28)(H,26,27);1-11H,12-13H2,(H2,23,27)(H,25,26);;. The molecule has 13 aromatic carbocycles. The molecule has 608 valence electrons. The predicted molar refractivity (Wildman–Crippen MR) is 460 cm³/mol. The van der Waals surface area contributed by atoms with Crippen molar-refractivity contribution in [2.75, 3.05) is 26.4 Å². The molecule has 28 heteroatoms. The number of fused-ring (bicyclic) bond motifs is 12. The van der Waals surface area contributed by atoms with Gasteiger partial charge < -0.3 is 85.3 Å². The third kappa shape index (κ3) is 18.2. The number of nitrogens with two attached hydrogens (primary N) is 4. The number of carbonyl (C=O) groups excluding carboxylic acids is 4. The van der Waals surface area contributed by atoms with Gasteiger partial charge in [-0.25, -0.2) is 28.0 Å². The number of hydrogen-bond acceptors (Lipinski definition) is 13. The van der Waals surface area contributed by atoms with Crippen molar-refractivity contribution in [2.45, 2.75) is 26.2 Å². The summed E-state index contributed by atoms with van der Waals surface area (Å²) in [5, 5.41) is 41.0. The Hall–Kier alpha value is -15.7. The molecule has 0 bridgehead atoms. The van der Waals surface area contributed by atoms with E-state index < -0.39 is 73.9 Å². The summed E-state index contributed by atoms with van der Waals surface area (Å²) in [6.45, 7) is -0.374. The fourth-order valence-corrected chi connectivity index (χ4v) is 15.1. The maximum atomic E-state index is 14.3. The minimum absolute atomic E-state index is 0. The SMILES string of the molecule is NC(=O)c1cccc2c1c1c(OCC(=O)O)cccc1n2Cc1cccc(F)c1.NC(=O)c1cccc2c1c1c(OCC(=O)O)cccc1n2Cc1cccc(Oc2ccccc2)c1.NC(=O)c1cccc2c1c1c(OCC(=O)O)cccc1n2Cc1ccccc1.NC(=O)c1cccc2c1c1c(OCC(=O)O)cccc1n2Cc1ccccc1F.[LiH]. The van der Waals surface area contributed by atoms with Crippen LogP contribution in [0.2, 0.25) is 0 Å². The molecule has 0 aliphatic carbocycles. The van der Waals surface area contributed by atoms with E-state index in [1.165, 1.54) is 18.2 Å². The Balaban J connectivity index is 0.000000140. The van der Waals surface area contributed by atoms with Gasteiger partial charge in [0.15, 0.2) is 26.4 Å². The van der Waals surface area contributed by atoms with Crippen molar-refractivity contribution in [3.05, 3.63) is 335 Å². The fraction of sp³-hybridized carbons (Fsp3) is 0.0851. The number of nitrogens with zero attached hydrogens (tertiary/aromatic N) is 4. The van der Waals surface area contributed by atoms with Crippen LogP contribution >= 0.6 is 0 Å². The summed E-state index contributed by atoms with van der Waals surface area (Å²) in [7, 11) is 0. The van der Waals surface area contributed by atoms with Crippen LogP contribution in [-0.2, 0) is 45.4 Å². The number of halogens is 2. The minimum atomic E-state index is -1.12. The average Bonchev–Trinajstić information content (AvgIpc) is 1.60. The topological polar surface area (TPSA) is 387 Å². The number of hydrogen-bond donors (Lipinski definition) is 8. The molecule has 0 unspecified atom stereocenters. The van der Waals surface area contributed by atoms with Crippen molar-refractivity contribution in [1.29, 1.82) is 0 Å². The molecule has 4 amide bonds. The van der Waals surface area contributed by atoms with Crippen LogP contribution in [0.3, 0.4) is 0 Å². The molecular weight excluding hydrogens is 1560 g/mol. The van der Waals surface area contributed by atoms with E-state index in [1.807, 2.05) is 155 Å². The number of primary amides is 4. The second-order valence-corrected chi connectivity index (χ2v) is 27.7. The van der Waals surface area contributed by atoms with Gasteiger partial charge in [-0.05, 0) is 156 Å². The molecule has 0 radical (unpaired) electrons. The number of amides is 4. The maximum absolute atomic E-state index is 14.3. The Morgan fingerprint density at radius 1 is 0.279 bits per heavy atom. The number of aromatic nitrogens is 4. The number of carboxylic acids is 4. The predicted octanol–water partition coefficient (Wildman–Crippen LogP) is 15.0. The van der Waals surface area contributed by atoms with E-state index >= 15 is 0 Å². The van der Waals surface area contributed by atoms with Gasteiger partial charge in [0.2, 0.25) is 23.6 Å². The van der Waals surface area contributed by atoms with Crippen LogP contribution in [0, 0.1) is 11.6 Å². The number of para-hydroxylation sites is 1. The summed E-state index contributed by atoms with van der Waals surface area (Å²) < 4.78 is 64.0. The van der Waals surface area contributed by atoms with E-state index in [0.29, 0.717) is 130 Å². The number of aliphatic carboxylic acids is 4. The first kappa shape index (κ1) is 84.2. The third-order valence-corrected chi connectivity index (χ3v) is 19.9. The molecule has 17 aromatic rings. The quantitative estimate of drug-likeness (QED) is 0.0233. The molecule has 4 aromatic heterocycles. The Bertz CT molecular complexity index is 6930. The molecule has 12 N–H and O–H groups in total. The molecule has 17 rings (SSSR count). The molecule has 4 heterocycles. The molecule has 25 nitrogen and oxygen atoms in total. The Kier molecular flexibility index (Phi) is 25.7. The van der Waals surface area contributed by atoms with E-state index in [9.17, 15) is 47.1 Å². The van der Waals surface area contributed by atoms with E-state index in [1.54, 1.807) is 115 Å². The second kappa shape index (κ2) is 37.3. The summed E-state index contributed by atoms with van der Waals surface area (Å²) in [4.78, 5) is 92.6. The van der Waals surface area contributed by atoms with Crippen molar-refractivity contribution in [3.8, 4) is 34.5 Å².